The molecule has 0 fully saturated rings. The van der Waals surface area contributed by atoms with Crippen molar-refractivity contribution in [3.05, 3.63) is 24.3 Å². The summed E-state index contributed by atoms with van der Waals surface area (Å²) in [7, 11) is 0. The summed E-state index contributed by atoms with van der Waals surface area (Å²) in [6.07, 6.45) is 0. The van der Waals surface area contributed by atoms with Gasteiger partial charge in [0, 0.05) is 10.8 Å². The fourth-order valence-corrected chi connectivity index (χ4v) is 2.22. The van der Waals surface area contributed by atoms with Gasteiger partial charge in [-0.1, -0.05) is 12.1 Å². The predicted octanol–water partition coefficient (Wildman–Crippen LogP) is 2.47. The monoisotopic (exact) mass is 203 g/mol. The van der Waals surface area contributed by atoms with Crippen molar-refractivity contribution in [2.45, 2.75) is 19.4 Å². The molecule has 2 aromatic rings. The van der Waals surface area contributed by atoms with Crippen molar-refractivity contribution in [1.29, 1.82) is 0 Å². The van der Waals surface area contributed by atoms with Crippen LogP contribution < -0.4 is 4.74 Å². The minimum atomic E-state index is -0.168. The number of hydrogen-bond acceptors (Lipinski definition) is 2. The lowest BCUT2D eigenvalue weighted by molar-refractivity contribution is 0.262. The second-order valence-corrected chi connectivity index (χ2v) is 4.61. The van der Waals surface area contributed by atoms with Crippen molar-refractivity contribution in [2.24, 2.45) is 0 Å². The fraction of sp³-hybridized carbons (Fsp3) is 0.333. The van der Waals surface area contributed by atoms with Crippen LogP contribution in [0.3, 0.4) is 0 Å². The zero-order valence-corrected chi connectivity index (χ0v) is 8.82. The number of benzene rings is 1. The SMILES string of the molecule is CC1(C)COc2c3ccccc3c(O)n21. The molecule has 0 atom stereocenters. The molecule has 3 heteroatoms. The summed E-state index contributed by atoms with van der Waals surface area (Å²) in [6, 6.07) is 7.76. The van der Waals surface area contributed by atoms with Gasteiger partial charge in [0.2, 0.25) is 11.8 Å². The highest BCUT2D eigenvalue weighted by Gasteiger charge is 2.35. The van der Waals surface area contributed by atoms with E-state index in [0.29, 0.717) is 12.5 Å². The molecule has 3 rings (SSSR count). The molecule has 1 aliphatic rings. The third kappa shape index (κ3) is 0.950. The summed E-state index contributed by atoms with van der Waals surface area (Å²) in [6.45, 7) is 4.73. The summed E-state index contributed by atoms with van der Waals surface area (Å²) in [5, 5.41) is 12.0. The van der Waals surface area contributed by atoms with Crippen LogP contribution >= 0.6 is 0 Å². The fourth-order valence-electron chi connectivity index (χ4n) is 2.22. The van der Waals surface area contributed by atoms with E-state index in [-0.39, 0.29) is 5.54 Å². The van der Waals surface area contributed by atoms with Crippen molar-refractivity contribution >= 4 is 10.8 Å². The van der Waals surface area contributed by atoms with Gasteiger partial charge < -0.3 is 9.84 Å². The van der Waals surface area contributed by atoms with Crippen molar-refractivity contribution in [3.63, 3.8) is 0 Å². The van der Waals surface area contributed by atoms with Gasteiger partial charge >= 0.3 is 0 Å². The molecule has 78 valence electrons. The largest absolute Gasteiger partial charge is 0.494 e. The average molecular weight is 203 g/mol. The Bertz CT molecular complexity index is 540. The van der Waals surface area contributed by atoms with E-state index in [1.807, 2.05) is 28.8 Å². The lowest BCUT2D eigenvalue weighted by Gasteiger charge is -2.18. The Labute approximate surface area is 87.9 Å². The maximum atomic E-state index is 10.1. The first-order valence-corrected chi connectivity index (χ1v) is 5.07. The molecule has 2 heterocycles. The Balaban J connectivity index is 2.45. The molecule has 1 aromatic heterocycles. The van der Waals surface area contributed by atoms with Crippen LogP contribution in [-0.4, -0.2) is 16.3 Å². The van der Waals surface area contributed by atoms with Gasteiger partial charge in [0.1, 0.15) is 6.61 Å². The molecule has 0 saturated heterocycles. The molecule has 0 amide bonds. The van der Waals surface area contributed by atoms with Gasteiger partial charge in [-0.05, 0) is 26.0 Å². The highest BCUT2D eigenvalue weighted by molar-refractivity contribution is 5.93. The normalized spacial score (nSPS) is 17.7. The van der Waals surface area contributed by atoms with Crippen LogP contribution in [0.2, 0.25) is 0 Å². The first-order valence-electron chi connectivity index (χ1n) is 5.07. The van der Waals surface area contributed by atoms with Crippen LogP contribution in [0.15, 0.2) is 24.3 Å². The zero-order chi connectivity index (χ0) is 10.6. The Morgan fingerprint density at radius 1 is 1.27 bits per heavy atom. The molecule has 1 aromatic carbocycles. The van der Waals surface area contributed by atoms with E-state index in [2.05, 4.69) is 13.8 Å². The zero-order valence-electron chi connectivity index (χ0n) is 8.82. The van der Waals surface area contributed by atoms with Crippen LogP contribution in [0.25, 0.3) is 10.8 Å². The van der Waals surface area contributed by atoms with E-state index < -0.39 is 0 Å². The summed E-state index contributed by atoms with van der Waals surface area (Å²) < 4.78 is 7.52. The molecule has 0 saturated carbocycles. The van der Waals surface area contributed by atoms with E-state index in [4.69, 9.17) is 4.74 Å². The average Bonchev–Trinajstić information content (AvgIpc) is 2.67. The standard InChI is InChI=1S/C12H13NO2/c1-12(2)7-15-11-9-6-4-3-5-8(9)10(14)13(11)12/h3-6,14H,7H2,1-2H3. The van der Waals surface area contributed by atoms with Gasteiger partial charge in [-0.2, -0.15) is 0 Å². The smallest absolute Gasteiger partial charge is 0.205 e. The van der Waals surface area contributed by atoms with E-state index >= 15 is 0 Å². The molecular weight excluding hydrogens is 190 g/mol. The topological polar surface area (TPSA) is 34.4 Å². The molecule has 15 heavy (non-hydrogen) atoms. The van der Waals surface area contributed by atoms with Crippen LogP contribution in [0.5, 0.6) is 11.8 Å². The molecule has 0 aliphatic carbocycles. The van der Waals surface area contributed by atoms with Crippen LogP contribution in [0.1, 0.15) is 13.8 Å². The van der Waals surface area contributed by atoms with Gasteiger partial charge in [0.25, 0.3) is 0 Å². The lowest BCUT2D eigenvalue weighted by Crippen LogP contribution is -2.25. The minimum absolute atomic E-state index is 0.168. The molecule has 0 unspecified atom stereocenters. The second kappa shape index (κ2) is 2.48. The third-order valence-corrected chi connectivity index (χ3v) is 2.98. The van der Waals surface area contributed by atoms with E-state index in [0.717, 1.165) is 16.7 Å². The highest BCUT2D eigenvalue weighted by atomic mass is 16.5. The maximum absolute atomic E-state index is 10.1. The Kier molecular flexibility index (Phi) is 1.43. The number of aromatic nitrogens is 1. The first-order chi connectivity index (χ1) is 7.11. The molecule has 1 N–H and O–H groups in total. The van der Waals surface area contributed by atoms with Crippen molar-refractivity contribution < 1.29 is 9.84 Å². The van der Waals surface area contributed by atoms with Gasteiger partial charge in [0.05, 0.1) is 5.54 Å². The molecule has 3 nitrogen and oxygen atoms in total. The molecule has 0 spiro atoms. The molecule has 0 bridgehead atoms. The summed E-state index contributed by atoms with van der Waals surface area (Å²) in [4.78, 5) is 0. The van der Waals surface area contributed by atoms with E-state index in [1.165, 1.54) is 0 Å². The van der Waals surface area contributed by atoms with Crippen LogP contribution in [-0.2, 0) is 5.54 Å². The quantitative estimate of drug-likeness (QED) is 0.713. The number of aromatic hydroxyl groups is 1. The molecule has 0 radical (unpaired) electrons. The number of ether oxygens (including phenoxy) is 1. The third-order valence-electron chi connectivity index (χ3n) is 2.98. The Morgan fingerprint density at radius 2 is 1.93 bits per heavy atom. The first kappa shape index (κ1) is 8.65. The van der Waals surface area contributed by atoms with Gasteiger partial charge in [-0.15, -0.1) is 0 Å². The van der Waals surface area contributed by atoms with Crippen LogP contribution in [0.4, 0.5) is 0 Å². The lowest BCUT2D eigenvalue weighted by atomic mass is 10.1. The van der Waals surface area contributed by atoms with E-state index in [1.54, 1.807) is 0 Å². The van der Waals surface area contributed by atoms with Gasteiger partial charge in [-0.25, -0.2) is 0 Å². The summed E-state index contributed by atoms with van der Waals surface area (Å²) in [5.74, 6) is 1.09. The number of fused-ring (bicyclic) bond motifs is 3. The van der Waals surface area contributed by atoms with E-state index in [9.17, 15) is 5.11 Å². The second-order valence-electron chi connectivity index (χ2n) is 4.61. The number of hydrogen-bond donors (Lipinski definition) is 1. The van der Waals surface area contributed by atoms with Crippen LogP contribution in [0, 0.1) is 0 Å². The summed E-state index contributed by atoms with van der Waals surface area (Å²) >= 11 is 0. The Hall–Kier alpha value is -1.64. The van der Waals surface area contributed by atoms with Gasteiger partial charge in [-0.3, -0.25) is 4.57 Å². The van der Waals surface area contributed by atoms with Gasteiger partial charge in [0.15, 0.2) is 0 Å². The molecular formula is C12H13NO2. The molecule has 1 aliphatic heterocycles. The van der Waals surface area contributed by atoms with Crippen molar-refractivity contribution in [1.82, 2.24) is 4.57 Å². The van der Waals surface area contributed by atoms with Crippen molar-refractivity contribution in [3.8, 4) is 11.8 Å². The number of rotatable bonds is 0. The summed E-state index contributed by atoms with van der Waals surface area (Å²) in [5.41, 5.74) is -0.168. The maximum Gasteiger partial charge on any atom is 0.205 e. The predicted molar refractivity (Wildman–Crippen MR) is 58.4 cm³/mol. The minimum Gasteiger partial charge on any atom is -0.494 e. The Morgan fingerprint density at radius 3 is 2.67 bits per heavy atom. The highest BCUT2D eigenvalue weighted by Crippen LogP contribution is 2.44. The number of nitrogens with zero attached hydrogens (tertiary/aromatic N) is 1. The van der Waals surface area contributed by atoms with Crippen molar-refractivity contribution in [2.75, 3.05) is 6.61 Å².